The van der Waals surface area contributed by atoms with Gasteiger partial charge in [0.25, 0.3) is 0 Å². The van der Waals surface area contributed by atoms with E-state index in [1.165, 1.54) is 71.6 Å². The van der Waals surface area contributed by atoms with Gasteiger partial charge in [0.05, 0.1) is 5.52 Å². The van der Waals surface area contributed by atoms with Gasteiger partial charge in [-0.25, -0.2) is 0 Å². The van der Waals surface area contributed by atoms with E-state index in [9.17, 15) is 0 Å². The fourth-order valence-electron chi connectivity index (χ4n) is 7.33. The van der Waals surface area contributed by atoms with Crippen LogP contribution in [0.1, 0.15) is 16.7 Å². The Bertz CT molecular complexity index is 2560. The Kier molecular flexibility index (Phi) is 7.57. The molecule has 234 valence electrons. The summed E-state index contributed by atoms with van der Waals surface area (Å²) in [6.07, 6.45) is 4.24. The monoisotopic (exact) mass is 635 g/mol. The standard InChI is InChI=1S/C49H33N/c1-4-14-35(15-5-1)36-24-26-39(27-25-36)48-42-20-10-12-22-44(42)49(45-23-13-11-21-43(45)48)40-28-29-47-41(32-40)30-34(33-50-47)31-46(37-16-6-2-7-17-37)38-18-8-3-9-19-38/h1-33H. The molecule has 0 spiro atoms. The van der Waals surface area contributed by atoms with Crippen molar-refractivity contribution in [2.75, 3.05) is 0 Å². The largest absolute Gasteiger partial charge is 0.256 e. The van der Waals surface area contributed by atoms with Gasteiger partial charge in [0, 0.05) is 11.6 Å². The van der Waals surface area contributed by atoms with Crippen LogP contribution < -0.4 is 0 Å². The molecule has 0 unspecified atom stereocenters. The number of aromatic nitrogens is 1. The molecule has 0 bridgehead atoms. The van der Waals surface area contributed by atoms with E-state index in [1.54, 1.807) is 0 Å². The van der Waals surface area contributed by atoms with Crippen molar-refractivity contribution in [3.63, 3.8) is 0 Å². The zero-order valence-corrected chi connectivity index (χ0v) is 27.5. The van der Waals surface area contributed by atoms with Crippen LogP contribution in [0.2, 0.25) is 0 Å². The normalized spacial score (nSPS) is 11.2. The van der Waals surface area contributed by atoms with Gasteiger partial charge in [-0.15, -0.1) is 0 Å². The summed E-state index contributed by atoms with van der Waals surface area (Å²) in [7, 11) is 0. The molecule has 9 rings (SSSR count). The summed E-state index contributed by atoms with van der Waals surface area (Å²) in [6, 6.07) is 67.5. The molecule has 50 heavy (non-hydrogen) atoms. The smallest absolute Gasteiger partial charge is 0.0702 e. The summed E-state index contributed by atoms with van der Waals surface area (Å²) < 4.78 is 0. The zero-order valence-electron chi connectivity index (χ0n) is 27.5. The van der Waals surface area contributed by atoms with Crippen molar-refractivity contribution in [2.24, 2.45) is 0 Å². The second-order valence-electron chi connectivity index (χ2n) is 12.8. The van der Waals surface area contributed by atoms with Crippen molar-refractivity contribution in [3.8, 4) is 33.4 Å². The third kappa shape index (κ3) is 5.45. The fourth-order valence-corrected chi connectivity index (χ4v) is 7.33. The molecule has 0 atom stereocenters. The molecule has 0 saturated carbocycles. The first kappa shape index (κ1) is 29.6. The quantitative estimate of drug-likeness (QED) is 0.166. The molecule has 0 saturated heterocycles. The summed E-state index contributed by atoms with van der Waals surface area (Å²) in [5.74, 6) is 0. The van der Waals surface area contributed by atoms with Gasteiger partial charge in [-0.1, -0.05) is 170 Å². The van der Waals surface area contributed by atoms with Crippen LogP contribution in [0.25, 0.3) is 77.5 Å². The maximum absolute atomic E-state index is 4.92. The number of benzene rings is 8. The molecule has 0 fully saturated rings. The highest BCUT2D eigenvalue weighted by Gasteiger charge is 2.17. The van der Waals surface area contributed by atoms with Crippen LogP contribution in [0, 0.1) is 0 Å². The average Bonchev–Trinajstić information content (AvgIpc) is 3.20. The zero-order chi connectivity index (χ0) is 33.3. The van der Waals surface area contributed by atoms with Gasteiger partial charge in [-0.05, 0) is 101 Å². The molecule has 0 aliphatic carbocycles. The molecule has 0 aliphatic rings. The number of fused-ring (bicyclic) bond motifs is 3. The maximum Gasteiger partial charge on any atom is 0.0702 e. The first-order valence-corrected chi connectivity index (χ1v) is 17.1. The molecular weight excluding hydrogens is 603 g/mol. The molecule has 9 aromatic rings. The van der Waals surface area contributed by atoms with Crippen LogP contribution in [0.4, 0.5) is 0 Å². The van der Waals surface area contributed by atoms with Gasteiger partial charge < -0.3 is 0 Å². The summed E-state index contributed by atoms with van der Waals surface area (Å²) >= 11 is 0. The maximum atomic E-state index is 4.92. The number of rotatable bonds is 6. The van der Waals surface area contributed by atoms with Gasteiger partial charge in [-0.2, -0.15) is 0 Å². The van der Waals surface area contributed by atoms with E-state index in [-0.39, 0.29) is 0 Å². The Morgan fingerprint density at radius 2 is 0.820 bits per heavy atom. The molecule has 0 radical (unpaired) electrons. The molecule has 8 aromatic carbocycles. The molecule has 1 heteroatoms. The lowest BCUT2D eigenvalue weighted by atomic mass is 9.85. The van der Waals surface area contributed by atoms with Crippen molar-refractivity contribution < 1.29 is 0 Å². The van der Waals surface area contributed by atoms with E-state index in [0.29, 0.717) is 0 Å². The number of hydrogen-bond donors (Lipinski definition) is 0. The summed E-state index contributed by atoms with van der Waals surface area (Å²) in [6.45, 7) is 0. The van der Waals surface area contributed by atoms with Gasteiger partial charge in [-0.3, -0.25) is 4.98 Å². The Labute approximate surface area is 292 Å². The second kappa shape index (κ2) is 12.8. The lowest BCUT2D eigenvalue weighted by Crippen LogP contribution is -1.92. The van der Waals surface area contributed by atoms with Gasteiger partial charge in [0.15, 0.2) is 0 Å². The predicted octanol–water partition coefficient (Wildman–Crippen LogP) is 13.1. The van der Waals surface area contributed by atoms with Crippen LogP contribution in [-0.2, 0) is 0 Å². The topological polar surface area (TPSA) is 12.9 Å². The van der Waals surface area contributed by atoms with Gasteiger partial charge in [0.1, 0.15) is 0 Å². The van der Waals surface area contributed by atoms with Crippen LogP contribution in [0.5, 0.6) is 0 Å². The molecule has 0 aliphatic heterocycles. The summed E-state index contributed by atoms with van der Waals surface area (Å²) in [5.41, 5.74) is 13.0. The summed E-state index contributed by atoms with van der Waals surface area (Å²) in [4.78, 5) is 4.92. The van der Waals surface area contributed by atoms with Gasteiger partial charge in [0.2, 0.25) is 0 Å². The highest BCUT2D eigenvalue weighted by atomic mass is 14.6. The Morgan fingerprint density at radius 1 is 0.380 bits per heavy atom. The Balaban J connectivity index is 1.20. The van der Waals surface area contributed by atoms with Crippen molar-refractivity contribution in [2.45, 2.75) is 0 Å². The van der Waals surface area contributed by atoms with Gasteiger partial charge >= 0.3 is 0 Å². The van der Waals surface area contributed by atoms with E-state index in [1.807, 2.05) is 6.20 Å². The van der Waals surface area contributed by atoms with Crippen LogP contribution in [-0.4, -0.2) is 4.98 Å². The van der Waals surface area contributed by atoms with Crippen molar-refractivity contribution in [3.05, 3.63) is 211 Å². The Hall–Kier alpha value is -6.57. The van der Waals surface area contributed by atoms with Crippen LogP contribution in [0.15, 0.2) is 194 Å². The highest BCUT2D eigenvalue weighted by Crippen LogP contribution is 2.44. The molecule has 1 aromatic heterocycles. The molecule has 1 heterocycles. The van der Waals surface area contributed by atoms with Crippen molar-refractivity contribution in [1.82, 2.24) is 4.98 Å². The minimum absolute atomic E-state index is 0.982. The third-order valence-corrected chi connectivity index (χ3v) is 9.68. The minimum Gasteiger partial charge on any atom is -0.256 e. The highest BCUT2D eigenvalue weighted by molar-refractivity contribution is 6.21. The van der Waals surface area contributed by atoms with Crippen LogP contribution in [0.3, 0.4) is 0 Å². The molecule has 0 amide bonds. The SMILES string of the molecule is C(=C(c1ccccc1)c1ccccc1)c1cnc2ccc(-c3c4ccccc4c(-c4ccc(-c5ccccc5)cc4)c4ccccc34)cc2c1. The lowest BCUT2D eigenvalue weighted by molar-refractivity contribution is 1.40. The number of pyridine rings is 1. The Morgan fingerprint density at radius 3 is 1.38 bits per heavy atom. The predicted molar refractivity (Wildman–Crippen MR) is 213 cm³/mol. The van der Waals surface area contributed by atoms with E-state index in [2.05, 4.69) is 194 Å². The molecule has 0 N–H and O–H groups in total. The molecular formula is C49H33N. The lowest BCUT2D eigenvalue weighted by Gasteiger charge is -2.18. The molecule has 1 nitrogen and oxygen atoms in total. The van der Waals surface area contributed by atoms with E-state index >= 15 is 0 Å². The summed E-state index contributed by atoms with van der Waals surface area (Å²) in [5, 5.41) is 6.10. The van der Waals surface area contributed by atoms with E-state index in [0.717, 1.165) is 16.5 Å². The third-order valence-electron chi connectivity index (χ3n) is 9.68. The average molecular weight is 636 g/mol. The van der Waals surface area contributed by atoms with Crippen molar-refractivity contribution in [1.29, 1.82) is 0 Å². The fraction of sp³-hybridized carbons (Fsp3) is 0. The van der Waals surface area contributed by atoms with E-state index in [4.69, 9.17) is 4.98 Å². The van der Waals surface area contributed by atoms with Crippen LogP contribution >= 0.6 is 0 Å². The van der Waals surface area contributed by atoms with E-state index < -0.39 is 0 Å². The number of hydrogen-bond acceptors (Lipinski definition) is 1. The first-order valence-electron chi connectivity index (χ1n) is 17.1. The second-order valence-corrected chi connectivity index (χ2v) is 12.8. The van der Waals surface area contributed by atoms with Crippen molar-refractivity contribution >= 4 is 44.1 Å². The first-order chi connectivity index (χ1) is 24.8. The number of nitrogens with zero attached hydrogens (tertiary/aromatic N) is 1. The minimum atomic E-state index is 0.982.